The normalized spacial score (nSPS) is 12.9. The molecular formula is C22H28. The van der Waals surface area contributed by atoms with Crippen LogP contribution >= 0.6 is 0 Å². The van der Waals surface area contributed by atoms with Crippen molar-refractivity contribution in [1.29, 1.82) is 0 Å². The molecule has 0 N–H and O–H groups in total. The van der Waals surface area contributed by atoms with Crippen molar-refractivity contribution in [3.05, 3.63) is 64.2 Å². The number of rotatable bonds is 0. The molecule has 0 fully saturated rings. The molecule has 2 aliphatic rings. The van der Waals surface area contributed by atoms with E-state index in [0.717, 1.165) is 0 Å². The predicted octanol–water partition coefficient (Wildman–Crippen LogP) is 6.71. The molecule has 0 bridgehead atoms. The molecule has 2 aromatic carbocycles. The van der Waals surface area contributed by atoms with Crippen LogP contribution in [0.15, 0.2) is 36.4 Å². The molecule has 0 saturated heterocycles. The summed E-state index contributed by atoms with van der Waals surface area (Å²) in [6.45, 7) is 12.4. The van der Waals surface area contributed by atoms with E-state index >= 15 is 0 Å². The van der Waals surface area contributed by atoms with Crippen molar-refractivity contribution in [2.75, 3.05) is 0 Å². The number of hydrogen-bond donors (Lipinski definition) is 0. The largest absolute Gasteiger partial charge is 0.0757 e. The maximum absolute atomic E-state index is 2.43. The molecule has 0 unspecified atom stereocenters. The fraction of sp³-hybridized carbons (Fsp3) is 0.364. The van der Waals surface area contributed by atoms with Gasteiger partial charge < -0.3 is 0 Å². The molecule has 0 aliphatic heterocycles. The van der Waals surface area contributed by atoms with Gasteiger partial charge in [-0.05, 0) is 65.6 Å². The van der Waals surface area contributed by atoms with Crippen LogP contribution in [0.5, 0.6) is 0 Å². The molecule has 0 heterocycles. The molecule has 2 aliphatic carbocycles. The molecule has 0 heteroatoms. The van der Waals surface area contributed by atoms with Crippen LogP contribution in [0.25, 0.3) is 16.7 Å². The van der Waals surface area contributed by atoms with Crippen LogP contribution in [0, 0.1) is 13.8 Å². The van der Waals surface area contributed by atoms with E-state index in [1.54, 1.807) is 5.56 Å². The first-order chi connectivity index (χ1) is 10.8. The Labute approximate surface area is 135 Å². The zero-order valence-corrected chi connectivity index (χ0v) is 14.9. The summed E-state index contributed by atoms with van der Waals surface area (Å²) < 4.78 is 0. The van der Waals surface area contributed by atoms with Crippen LogP contribution in [0.4, 0.5) is 0 Å². The Morgan fingerprint density at radius 1 is 0.773 bits per heavy atom. The zero-order chi connectivity index (χ0) is 16.3. The summed E-state index contributed by atoms with van der Waals surface area (Å²) in [4.78, 5) is 0. The summed E-state index contributed by atoms with van der Waals surface area (Å²) >= 11 is 0. The third kappa shape index (κ3) is 2.52. The molecule has 0 nitrogen and oxygen atoms in total. The number of benzene rings is 2. The second-order valence-corrected chi connectivity index (χ2v) is 5.49. The van der Waals surface area contributed by atoms with Gasteiger partial charge in [0.15, 0.2) is 0 Å². The first kappa shape index (κ1) is 16.5. The lowest BCUT2D eigenvalue weighted by molar-refractivity contribution is 0.968. The fourth-order valence-electron chi connectivity index (χ4n) is 3.43. The highest BCUT2D eigenvalue weighted by molar-refractivity contribution is 6.03. The molecule has 4 rings (SSSR count). The third-order valence-electron chi connectivity index (χ3n) is 4.31. The molecule has 22 heavy (non-hydrogen) atoms. The van der Waals surface area contributed by atoms with Gasteiger partial charge >= 0.3 is 0 Å². The Balaban J connectivity index is 0.000000410. The molecule has 0 saturated carbocycles. The SMILES string of the molecule is CC.CC.Cc1ccc2c(c1)C1=CCCc3c(C)ccc-2c31. The standard InChI is InChI=1S/C18H16.2C2H6/c1-11-6-8-14-16-9-7-12(2)13-4-3-5-15(18(13)16)17(14)10-11;2*1-2/h5-10H,3-4H2,1-2H3;2*1-2H3. The molecule has 116 valence electrons. The van der Waals surface area contributed by atoms with Crippen molar-refractivity contribution in [2.24, 2.45) is 0 Å². The zero-order valence-electron chi connectivity index (χ0n) is 14.9. The van der Waals surface area contributed by atoms with Crippen LogP contribution in [-0.2, 0) is 6.42 Å². The third-order valence-corrected chi connectivity index (χ3v) is 4.31. The van der Waals surface area contributed by atoms with E-state index in [1.165, 1.54) is 51.8 Å². The van der Waals surface area contributed by atoms with Crippen molar-refractivity contribution in [2.45, 2.75) is 54.4 Å². The predicted molar refractivity (Wildman–Crippen MR) is 99.4 cm³/mol. The molecule has 0 atom stereocenters. The summed E-state index contributed by atoms with van der Waals surface area (Å²) in [5.74, 6) is 0. The smallest absolute Gasteiger partial charge is 0.00673 e. The molecule has 0 amide bonds. The van der Waals surface area contributed by atoms with Gasteiger partial charge in [-0.3, -0.25) is 0 Å². The summed E-state index contributed by atoms with van der Waals surface area (Å²) in [7, 11) is 0. The number of aryl methyl sites for hydroxylation is 2. The fourth-order valence-corrected chi connectivity index (χ4v) is 3.43. The van der Waals surface area contributed by atoms with Gasteiger partial charge in [0, 0.05) is 0 Å². The van der Waals surface area contributed by atoms with E-state index in [9.17, 15) is 0 Å². The minimum Gasteiger partial charge on any atom is -0.0757 e. The minimum atomic E-state index is 1.18. The van der Waals surface area contributed by atoms with Crippen molar-refractivity contribution in [3.63, 3.8) is 0 Å². The Hall–Kier alpha value is -1.82. The van der Waals surface area contributed by atoms with E-state index in [-0.39, 0.29) is 0 Å². The van der Waals surface area contributed by atoms with Gasteiger partial charge in [-0.1, -0.05) is 69.7 Å². The summed E-state index contributed by atoms with van der Waals surface area (Å²) in [5, 5.41) is 0. The summed E-state index contributed by atoms with van der Waals surface area (Å²) in [6, 6.07) is 11.4. The Bertz CT molecular complexity index is 702. The van der Waals surface area contributed by atoms with E-state index in [4.69, 9.17) is 0 Å². The minimum absolute atomic E-state index is 1.18. The highest BCUT2D eigenvalue weighted by atomic mass is 14.3. The van der Waals surface area contributed by atoms with Gasteiger partial charge in [-0.15, -0.1) is 0 Å². The lowest BCUT2D eigenvalue weighted by Crippen LogP contribution is -2.00. The lowest BCUT2D eigenvalue weighted by atomic mass is 9.87. The number of fused-ring (bicyclic) bond motifs is 3. The van der Waals surface area contributed by atoms with Crippen LogP contribution in [0.2, 0.25) is 0 Å². The summed E-state index contributed by atoms with van der Waals surface area (Å²) in [5.41, 5.74) is 11.7. The van der Waals surface area contributed by atoms with Crippen molar-refractivity contribution < 1.29 is 0 Å². The molecule has 0 radical (unpaired) electrons. The van der Waals surface area contributed by atoms with Crippen LogP contribution < -0.4 is 0 Å². The average molecular weight is 292 g/mol. The highest BCUT2D eigenvalue weighted by Gasteiger charge is 2.28. The lowest BCUT2D eigenvalue weighted by Gasteiger charge is -2.17. The van der Waals surface area contributed by atoms with E-state index in [2.05, 4.69) is 50.3 Å². The van der Waals surface area contributed by atoms with Gasteiger partial charge in [-0.25, -0.2) is 0 Å². The highest BCUT2D eigenvalue weighted by Crippen LogP contribution is 2.48. The van der Waals surface area contributed by atoms with Crippen LogP contribution in [0.3, 0.4) is 0 Å². The van der Waals surface area contributed by atoms with E-state index < -0.39 is 0 Å². The van der Waals surface area contributed by atoms with Crippen LogP contribution in [-0.4, -0.2) is 0 Å². The van der Waals surface area contributed by atoms with Crippen LogP contribution in [0.1, 0.15) is 61.9 Å². The second kappa shape index (κ2) is 6.96. The van der Waals surface area contributed by atoms with Gasteiger partial charge in [0.2, 0.25) is 0 Å². The van der Waals surface area contributed by atoms with E-state index in [0.29, 0.717) is 0 Å². The van der Waals surface area contributed by atoms with Crippen molar-refractivity contribution in [1.82, 2.24) is 0 Å². The van der Waals surface area contributed by atoms with Gasteiger partial charge in [-0.2, -0.15) is 0 Å². The Kier molecular flexibility index (Phi) is 5.24. The number of hydrogen-bond acceptors (Lipinski definition) is 0. The topological polar surface area (TPSA) is 0 Å². The molecule has 0 spiro atoms. The molecule has 2 aromatic rings. The first-order valence-corrected chi connectivity index (χ1v) is 8.70. The Morgan fingerprint density at radius 3 is 2.18 bits per heavy atom. The second-order valence-electron chi connectivity index (χ2n) is 5.49. The first-order valence-electron chi connectivity index (χ1n) is 8.70. The van der Waals surface area contributed by atoms with Gasteiger partial charge in [0.1, 0.15) is 0 Å². The Morgan fingerprint density at radius 2 is 1.45 bits per heavy atom. The van der Waals surface area contributed by atoms with Gasteiger partial charge in [0.05, 0.1) is 0 Å². The number of allylic oxidation sites excluding steroid dienone is 1. The van der Waals surface area contributed by atoms with E-state index in [1.807, 2.05) is 27.7 Å². The monoisotopic (exact) mass is 292 g/mol. The molecule has 0 aromatic heterocycles. The maximum atomic E-state index is 2.43. The average Bonchev–Trinajstić information content (AvgIpc) is 2.89. The quantitative estimate of drug-likeness (QED) is 0.431. The van der Waals surface area contributed by atoms with Crippen molar-refractivity contribution >= 4 is 5.57 Å². The van der Waals surface area contributed by atoms with Crippen molar-refractivity contribution in [3.8, 4) is 11.1 Å². The summed E-state index contributed by atoms with van der Waals surface area (Å²) in [6.07, 6.45) is 4.81. The molecular weight excluding hydrogens is 264 g/mol. The maximum Gasteiger partial charge on any atom is -0.00673 e. The van der Waals surface area contributed by atoms with Gasteiger partial charge in [0.25, 0.3) is 0 Å².